The number of nitrogens with one attached hydrogen (secondary N) is 1. The molecular formula is C14H20N2O3. The molecule has 1 saturated heterocycles. The number of hydrogen-bond acceptors (Lipinski definition) is 4. The van der Waals surface area contributed by atoms with E-state index in [0.717, 1.165) is 17.1 Å². The Kier molecular flexibility index (Phi) is 4.27. The Labute approximate surface area is 113 Å². The summed E-state index contributed by atoms with van der Waals surface area (Å²) in [6.45, 7) is 1.32. The van der Waals surface area contributed by atoms with Gasteiger partial charge in [0, 0.05) is 38.2 Å². The van der Waals surface area contributed by atoms with E-state index >= 15 is 0 Å². The van der Waals surface area contributed by atoms with Crippen molar-refractivity contribution in [2.45, 2.75) is 12.5 Å². The number of nitrogens with zero attached hydrogens (tertiary/aromatic N) is 1. The van der Waals surface area contributed by atoms with Crippen LogP contribution < -0.4 is 14.8 Å². The van der Waals surface area contributed by atoms with Crippen molar-refractivity contribution >= 4 is 5.91 Å². The van der Waals surface area contributed by atoms with Crippen LogP contribution in [0.4, 0.5) is 0 Å². The van der Waals surface area contributed by atoms with E-state index in [-0.39, 0.29) is 11.9 Å². The van der Waals surface area contributed by atoms with Crippen molar-refractivity contribution in [3.05, 3.63) is 23.8 Å². The third kappa shape index (κ3) is 2.98. The summed E-state index contributed by atoms with van der Waals surface area (Å²) in [4.78, 5) is 13.4. The summed E-state index contributed by atoms with van der Waals surface area (Å²) in [7, 11) is 5.10. The van der Waals surface area contributed by atoms with Gasteiger partial charge in [-0.1, -0.05) is 0 Å². The Morgan fingerprint density at radius 1 is 1.32 bits per heavy atom. The number of hydrogen-bond donors (Lipinski definition) is 1. The summed E-state index contributed by atoms with van der Waals surface area (Å²) in [6.07, 6.45) is 0.533. The Morgan fingerprint density at radius 3 is 2.79 bits per heavy atom. The first-order valence-corrected chi connectivity index (χ1v) is 6.35. The molecule has 1 heterocycles. The smallest absolute Gasteiger partial charge is 0.223 e. The van der Waals surface area contributed by atoms with Crippen molar-refractivity contribution in [1.82, 2.24) is 10.2 Å². The van der Waals surface area contributed by atoms with E-state index in [1.807, 2.05) is 25.2 Å². The van der Waals surface area contributed by atoms with Crippen molar-refractivity contribution in [2.24, 2.45) is 0 Å². The highest BCUT2D eigenvalue weighted by molar-refractivity contribution is 5.76. The number of carbonyl (C=O) groups is 1. The van der Waals surface area contributed by atoms with E-state index in [1.165, 1.54) is 0 Å². The number of rotatable bonds is 3. The van der Waals surface area contributed by atoms with Crippen molar-refractivity contribution in [3.63, 3.8) is 0 Å². The summed E-state index contributed by atoms with van der Waals surface area (Å²) in [6, 6.07) is 5.84. The molecule has 0 aliphatic carbocycles. The maximum atomic E-state index is 11.7. The Balaban J connectivity index is 2.27. The molecule has 1 fully saturated rings. The van der Waals surface area contributed by atoms with Crippen LogP contribution in [0.15, 0.2) is 18.2 Å². The number of ether oxygens (including phenoxy) is 2. The van der Waals surface area contributed by atoms with Crippen LogP contribution in [-0.2, 0) is 4.79 Å². The lowest BCUT2D eigenvalue weighted by Crippen LogP contribution is -2.31. The van der Waals surface area contributed by atoms with Crippen LogP contribution in [0.25, 0.3) is 0 Å². The van der Waals surface area contributed by atoms with Gasteiger partial charge in [-0.25, -0.2) is 0 Å². The molecule has 19 heavy (non-hydrogen) atoms. The van der Waals surface area contributed by atoms with Gasteiger partial charge in [-0.3, -0.25) is 4.79 Å². The minimum atomic E-state index is 0.0808. The van der Waals surface area contributed by atoms with Crippen LogP contribution in [-0.4, -0.2) is 45.2 Å². The Bertz CT molecular complexity index is 462. The lowest BCUT2D eigenvalue weighted by Gasteiger charge is -2.23. The first-order valence-electron chi connectivity index (χ1n) is 6.35. The fourth-order valence-electron chi connectivity index (χ4n) is 2.30. The molecule has 1 unspecified atom stereocenters. The summed E-state index contributed by atoms with van der Waals surface area (Å²) in [5, 5.41) is 3.39. The third-order valence-corrected chi connectivity index (χ3v) is 3.43. The number of benzene rings is 1. The van der Waals surface area contributed by atoms with E-state index in [4.69, 9.17) is 9.47 Å². The summed E-state index contributed by atoms with van der Waals surface area (Å²) in [5.41, 5.74) is 1.05. The highest BCUT2D eigenvalue weighted by Gasteiger charge is 2.23. The largest absolute Gasteiger partial charge is 0.497 e. The van der Waals surface area contributed by atoms with Crippen LogP contribution in [0.3, 0.4) is 0 Å². The molecule has 1 aliphatic heterocycles. The molecule has 1 atom stereocenters. The van der Waals surface area contributed by atoms with Crippen molar-refractivity contribution in [1.29, 1.82) is 0 Å². The maximum absolute atomic E-state index is 11.7. The predicted octanol–water partition coefficient (Wildman–Crippen LogP) is 1.20. The molecule has 1 aromatic rings. The number of carbonyl (C=O) groups excluding carboxylic acids is 1. The second-order valence-electron chi connectivity index (χ2n) is 4.64. The monoisotopic (exact) mass is 264 g/mol. The van der Waals surface area contributed by atoms with Crippen LogP contribution in [0.1, 0.15) is 18.0 Å². The molecule has 5 nitrogen and oxygen atoms in total. The van der Waals surface area contributed by atoms with Gasteiger partial charge in [0.1, 0.15) is 11.5 Å². The lowest BCUT2D eigenvalue weighted by molar-refractivity contribution is -0.129. The van der Waals surface area contributed by atoms with E-state index in [1.54, 1.807) is 19.1 Å². The maximum Gasteiger partial charge on any atom is 0.223 e. The fourth-order valence-corrected chi connectivity index (χ4v) is 2.30. The number of amides is 1. The summed E-state index contributed by atoms with van der Waals surface area (Å²) >= 11 is 0. The Hall–Kier alpha value is -1.75. The zero-order chi connectivity index (χ0) is 13.8. The molecular weight excluding hydrogens is 244 g/mol. The highest BCUT2D eigenvalue weighted by Crippen LogP contribution is 2.30. The Morgan fingerprint density at radius 2 is 2.11 bits per heavy atom. The topological polar surface area (TPSA) is 50.8 Å². The molecule has 0 radical (unpaired) electrons. The number of methoxy groups -OCH3 is 2. The summed E-state index contributed by atoms with van der Waals surface area (Å²) in [5.74, 6) is 1.71. The quantitative estimate of drug-likeness (QED) is 0.891. The predicted molar refractivity (Wildman–Crippen MR) is 72.5 cm³/mol. The van der Waals surface area contributed by atoms with E-state index in [9.17, 15) is 4.79 Å². The van der Waals surface area contributed by atoms with Gasteiger partial charge in [-0.15, -0.1) is 0 Å². The minimum Gasteiger partial charge on any atom is -0.497 e. The van der Waals surface area contributed by atoms with Gasteiger partial charge in [0.15, 0.2) is 0 Å². The molecule has 5 heteroatoms. The molecule has 1 aliphatic rings. The SMILES string of the molecule is COc1ccc(C2CN(C)C(=O)CCN2)c(OC)c1. The molecule has 1 N–H and O–H groups in total. The normalized spacial score (nSPS) is 20.1. The van der Waals surface area contributed by atoms with Crippen molar-refractivity contribution in [3.8, 4) is 11.5 Å². The van der Waals surface area contributed by atoms with E-state index in [2.05, 4.69) is 5.32 Å². The van der Waals surface area contributed by atoms with Gasteiger partial charge >= 0.3 is 0 Å². The van der Waals surface area contributed by atoms with Crippen LogP contribution in [0, 0.1) is 0 Å². The van der Waals surface area contributed by atoms with Crippen molar-refractivity contribution in [2.75, 3.05) is 34.4 Å². The standard InChI is InChI=1S/C14H20N2O3/c1-16-9-12(15-7-6-14(16)17)11-5-4-10(18-2)8-13(11)19-3/h4-5,8,12,15H,6-7,9H2,1-3H3. The molecule has 0 aromatic heterocycles. The zero-order valence-electron chi connectivity index (χ0n) is 11.6. The van der Waals surface area contributed by atoms with Gasteiger partial charge in [-0.05, 0) is 12.1 Å². The molecule has 104 valence electrons. The zero-order valence-corrected chi connectivity index (χ0v) is 11.6. The van der Waals surface area contributed by atoms with Gasteiger partial charge in [0.25, 0.3) is 0 Å². The minimum absolute atomic E-state index is 0.0808. The summed E-state index contributed by atoms with van der Waals surface area (Å²) < 4.78 is 10.6. The van der Waals surface area contributed by atoms with Crippen LogP contribution in [0.2, 0.25) is 0 Å². The van der Waals surface area contributed by atoms with Gasteiger partial charge in [0.05, 0.1) is 20.3 Å². The molecule has 0 saturated carbocycles. The fraction of sp³-hybridized carbons (Fsp3) is 0.500. The first kappa shape index (κ1) is 13.7. The van der Waals surface area contributed by atoms with E-state index < -0.39 is 0 Å². The van der Waals surface area contributed by atoms with Crippen molar-refractivity contribution < 1.29 is 14.3 Å². The van der Waals surface area contributed by atoms with E-state index in [0.29, 0.717) is 19.5 Å². The van der Waals surface area contributed by atoms with Gasteiger partial charge < -0.3 is 19.7 Å². The first-order chi connectivity index (χ1) is 9.15. The second kappa shape index (κ2) is 5.93. The third-order valence-electron chi connectivity index (χ3n) is 3.43. The number of likely N-dealkylation sites (N-methyl/N-ethyl adjacent to an activating group) is 1. The molecule has 0 spiro atoms. The molecule has 0 bridgehead atoms. The molecule has 1 aromatic carbocycles. The average molecular weight is 264 g/mol. The van der Waals surface area contributed by atoms with Crippen LogP contribution in [0.5, 0.6) is 11.5 Å². The highest BCUT2D eigenvalue weighted by atomic mass is 16.5. The van der Waals surface area contributed by atoms with Crippen LogP contribution >= 0.6 is 0 Å². The van der Waals surface area contributed by atoms with Gasteiger partial charge in [0.2, 0.25) is 5.91 Å². The molecule has 1 amide bonds. The second-order valence-corrected chi connectivity index (χ2v) is 4.64. The lowest BCUT2D eigenvalue weighted by atomic mass is 10.0. The van der Waals surface area contributed by atoms with Gasteiger partial charge in [-0.2, -0.15) is 0 Å². The molecule has 2 rings (SSSR count). The average Bonchev–Trinajstić information content (AvgIpc) is 2.60.